The normalized spacial score (nSPS) is 26.3. The van der Waals surface area contributed by atoms with Crippen LogP contribution in [0.2, 0.25) is 5.15 Å². The summed E-state index contributed by atoms with van der Waals surface area (Å²) >= 11 is 5.87. The first-order chi connectivity index (χ1) is 10.7. The maximum Gasteiger partial charge on any atom is 0.287 e. The van der Waals surface area contributed by atoms with Gasteiger partial charge in [-0.15, -0.1) is 0 Å². The molecule has 2 fully saturated rings. The number of nitrogens with one attached hydrogen (secondary N) is 2. The average molecular weight is 318 g/mol. The number of rotatable bonds is 3. The molecule has 2 saturated heterocycles. The minimum atomic E-state index is -0.161. The van der Waals surface area contributed by atoms with Crippen LogP contribution in [0.1, 0.15) is 29.8 Å². The van der Waals surface area contributed by atoms with Gasteiger partial charge in [-0.1, -0.05) is 11.6 Å². The molecule has 2 aromatic rings. The van der Waals surface area contributed by atoms with Crippen molar-refractivity contribution >= 4 is 17.5 Å². The number of halogens is 1. The number of fused-ring (bicyclic) bond motifs is 2. The van der Waals surface area contributed by atoms with E-state index in [-0.39, 0.29) is 11.9 Å². The van der Waals surface area contributed by atoms with Crippen molar-refractivity contribution in [2.24, 2.45) is 0 Å². The lowest BCUT2D eigenvalue weighted by atomic mass is 9.95. The highest BCUT2D eigenvalue weighted by molar-refractivity contribution is 6.29. The smallest absolute Gasteiger partial charge is 0.287 e. The first-order valence-corrected chi connectivity index (χ1v) is 7.85. The summed E-state index contributed by atoms with van der Waals surface area (Å²) in [6.45, 7) is 0. The summed E-state index contributed by atoms with van der Waals surface area (Å²) in [5.41, 5.74) is 0.806. The van der Waals surface area contributed by atoms with E-state index in [0.29, 0.717) is 28.8 Å². The minimum absolute atomic E-state index is 0.161. The van der Waals surface area contributed by atoms with Gasteiger partial charge in [0.05, 0.1) is 0 Å². The van der Waals surface area contributed by atoms with E-state index in [4.69, 9.17) is 16.0 Å². The number of nitrogens with zero attached hydrogens (tertiary/aromatic N) is 1. The van der Waals surface area contributed by atoms with Crippen LogP contribution in [0.25, 0.3) is 11.3 Å². The Hall–Kier alpha value is -1.85. The molecular formula is C16H16ClN3O2. The maximum atomic E-state index is 12.3. The largest absolute Gasteiger partial charge is 0.451 e. The Morgan fingerprint density at radius 2 is 2.27 bits per heavy atom. The van der Waals surface area contributed by atoms with Gasteiger partial charge < -0.3 is 15.1 Å². The standard InChI is InChI=1S/C16H16ClN3O2/c17-15-7-9(5-6-18-15)13-3-4-14(22-13)16(21)20-12-8-10-1-2-11(12)19-10/h3-7,10-12,19H,1-2,8H2,(H,20,21)/t10-,11+,12-/m1/s1. The van der Waals surface area contributed by atoms with Gasteiger partial charge in [-0.3, -0.25) is 4.79 Å². The second kappa shape index (κ2) is 5.41. The number of hydrogen-bond donors (Lipinski definition) is 2. The molecule has 6 heteroatoms. The van der Waals surface area contributed by atoms with Crippen LogP contribution in [0.3, 0.4) is 0 Å². The van der Waals surface area contributed by atoms with Crippen LogP contribution in [0.4, 0.5) is 0 Å². The SMILES string of the molecule is O=C(N[C@@H]1C[C@H]2CC[C@@H]1N2)c1ccc(-c2ccnc(Cl)c2)o1. The highest BCUT2D eigenvalue weighted by Crippen LogP contribution is 2.29. The second-order valence-corrected chi connectivity index (χ2v) is 6.28. The van der Waals surface area contributed by atoms with Gasteiger partial charge in [0.25, 0.3) is 5.91 Å². The molecule has 0 unspecified atom stereocenters. The third kappa shape index (κ3) is 2.51. The van der Waals surface area contributed by atoms with Crippen molar-refractivity contribution in [1.29, 1.82) is 0 Å². The van der Waals surface area contributed by atoms with Crippen LogP contribution in [0.5, 0.6) is 0 Å². The fourth-order valence-electron chi connectivity index (χ4n) is 3.39. The lowest BCUT2D eigenvalue weighted by Gasteiger charge is -2.20. The molecule has 0 aromatic carbocycles. The Kier molecular flexibility index (Phi) is 3.39. The Balaban J connectivity index is 1.48. The van der Waals surface area contributed by atoms with E-state index in [0.717, 1.165) is 18.4 Å². The van der Waals surface area contributed by atoms with Gasteiger partial charge in [0.1, 0.15) is 10.9 Å². The third-order valence-electron chi connectivity index (χ3n) is 4.46. The Morgan fingerprint density at radius 3 is 3.00 bits per heavy atom. The maximum absolute atomic E-state index is 12.3. The summed E-state index contributed by atoms with van der Waals surface area (Å²) in [5.74, 6) is 0.775. The predicted molar refractivity (Wildman–Crippen MR) is 82.8 cm³/mol. The summed E-state index contributed by atoms with van der Waals surface area (Å²) < 4.78 is 5.66. The number of furan rings is 1. The van der Waals surface area contributed by atoms with Gasteiger partial charge >= 0.3 is 0 Å². The fourth-order valence-corrected chi connectivity index (χ4v) is 3.57. The number of pyridine rings is 1. The molecule has 2 aliphatic rings. The predicted octanol–water partition coefficient (Wildman–Crippen LogP) is 2.62. The summed E-state index contributed by atoms with van der Waals surface area (Å²) in [6.07, 6.45) is 4.96. The van der Waals surface area contributed by atoms with Crippen molar-refractivity contribution < 1.29 is 9.21 Å². The molecule has 2 N–H and O–H groups in total. The van der Waals surface area contributed by atoms with Crippen molar-refractivity contribution in [1.82, 2.24) is 15.6 Å². The van der Waals surface area contributed by atoms with E-state index in [1.54, 1.807) is 30.5 Å². The van der Waals surface area contributed by atoms with E-state index >= 15 is 0 Å². The van der Waals surface area contributed by atoms with Crippen LogP contribution in [0.15, 0.2) is 34.9 Å². The molecule has 5 nitrogen and oxygen atoms in total. The highest BCUT2D eigenvalue weighted by atomic mass is 35.5. The van der Waals surface area contributed by atoms with Crippen LogP contribution >= 0.6 is 11.6 Å². The van der Waals surface area contributed by atoms with Gasteiger partial charge in [0.2, 0.25) is 0 Å². The Bertz CT molecular complexity index is 715. The molecule has 2 bridgehead atoms. The summed E-state index contributed by atoms with van der Waals surface area (Å²) in [5, 5.41) is 6.97. The van der Waals surface area contributed by atoms with Crippen LogP contribution in [0, 0.1) is 0 Å². The molecule has 114 valence electrons. The molecule has 0 radical (unpaired) electrons. The quantitative estimate of drug-likeness (QED) is 0.854. The van der Waals surface area contributed by atoms with Crippen LogP contribution < -0.4 is 10.6 Å². The van der Waals surface area contributed by atoms with Crippen molar-refractivity contribution in [3.8, 4) is 11.3 Å². The number of hydrogen-bond acceptors (Lipinski definition) is 4. The lowest BCUT2D eigenvalue weighted by molar-refractivity contribution is 0.0903. The van der Waals surface area contributed by atoms with E-state index in [9.17, 15) is 4.79 Å². The highest BCUT2D eigenvalue weighted by Gasteiger charge is 2.39. The summed E-state index contributed by atoms with van der Waals surface area (Å²) in [7, 11) is 0. The fraction of sp³-hybridized carbons (Fsp3) is 0.375. The first kappa shape index (κ1) is 13.8. The zero-order valence-corrected chi connectivity index (χ0v) is 12.6. The lowest BCUT2D eigenvalue weighted by Crippen LogP contribution is -2.42. The zero-order valence-electron chi connectivity index (χ0n) is 11.9. The van der Waals surface area contributed by atoms with Crippen LogP contribution in [-0.4, -0.2) is 29.0 Å². The average Bonchev–Trinajstić information content (AvgIpc) is 3.23. The minimum Gasteiger partial charge on any atom is -0.451 e. The Labute approximate surface area is 133 Å². The topological polar surface area (TPSA) is 67.2 Å². The van der Waals surface area contributed by atoms with Crippen molar-refractivity contribution in [3.05, 3.63) is 41.4 Å². The molecule has 4 heterocycles. The zero-order chi connectivity index (χ0) is 15.1. The second-order valence-electron chi connectivity index (χ2n) is 5.89. The van der Waals surface area contributed by atoms with E-state index < -0.39 is 0 Å². The molecule has 2 aliphatic heterocycles. The van der Waals surface area contributed by atoms with Gasteiger partial charge in [0.15, 0.2) is 5.76 Å². The number of carbonyl (C=O) groups excluding carboxylic acids is 1. The number of carbonyl (C=O) groups is 1. The molecule has 0 spiro atoms. The molecule has 3 atom stereocenters. The van der Waals surface area contributed by atoms with Gasteiger partial charge in [0, 0.05) is 29.9 Å². The van der Waals surface area contributed by atoms with Crippen molar-refractivity contribution in [2.45, 2.75) is 37.4 Å². The van der Waals surface area contributed by atoms with Gasteiger partial charge in [-0.2, -0.15) is 0 Å². The molecule has 0 aliphatic carbocycles. The number of aromatic nitrogens is 1. The van der Waals surface area contributed by atoms with E-state index in [2.05, 4.69) is 15.6 Å². The van der Waals surface area contributed by atoms with E-state index in [1.807, 2.05) is 0 Å². The van der Waals surface area contributed by atoms with Crippen molar-refractivity contribution in [3.63, 3.8) is 0 Å². The molecule has 2 aromatic heterocycles. The van der Waals surface area contributed by atoms with Crippen molar-refractivity contribution in [2.75, 3.05) is 0 Å². The molecular weight excluding hydrogens is 302 g/mol. The molecule has 1 amide bonds. The summed E-state index contributed by atoms with van der Waals surface area (Å²) in [4.78, 5) is 16.3. The first-order valence-electron chi connectivity index (χ1n) is 7.48. The van der Waals surface area contributed by atoms with E-state index in [1.165, 1.54) is 6.42 Å². The number of amides is 1. The van der Waals surface area contributed by atoms with Gasteiger partial charge in [-0.25, -0.2) is 4.98 Å². The van der Waals surface area contributed by atoms with Crippen LogP contribution in [-0.2, 0) is 0 Å². The molecule has 22 heavy (non-hydrogen) atoms. The Morgan fingerprint density at radius 1 is 1.36 bits per heavy atom. The monoisotopic (exact) mass is 317 g/mol. The third-order valence-corrected chi connectivity index (χ3v) is 4.66. The molecule has 4 rings (SSSR count). The summed E-state index contributed by atoms with van der Waals surface area (Å²) in [6, 6.07) is 8.15. The molecule has 0 saturated carbocycles. The van der Waals surface area contributed by atoms with Gasteiger partial charge in [-0.05, 0) is 43.5 Å².